The number of para-hydroxylation sites is 1. The molecule has 4 heteroatoms. The fourth-order valence-corrected chi connectivity index (χ4v) is 2.58. The van der Waals surface area contributed by atoms with Gasteiger partial charge in [-0.25, -0.2) is 5.43 Å². The molecule has 98 valence electrons. The lowest BCUT2D eigenvalue weighted by atomic mass is 9.74. The molecule has 3 rings (SSSR count). The fraction of sp³-hybridized carbons (Fsp3) is 0.333. The van der Waals surface area contributed by atoms with Gasteiger partial charge >= 0.3 is 0 Å². The molecule has 1 aromatic rings. The van der Waals surface area contributed by atoms with E-state index >= 15 is 0 Å². The van der Waals surface area contributed by atoms with Gasteiger partial charge in [-0.2, -0.15) is 5.10 Å². The topological polar surface area (TPSA) is 53.5 Å². The second-order valence-corrected chi connectivity index (χ2v) is 5.00. The van der Waals surface area contributed by atoms with E-state index in [2.05, 4.69) is 28.0 Å². The summed E-state index contributed by atoms with van der Waals surface area (Å²) in [5, 5.41) is 7.28. The summed E-state index contributed by atoms with van der Waals surface area (Å²) in [6.07, 6.45) is 6.52. The van der Waals surface area contributed by atoms with E-state index in [9.17, 15) is 4.79 Å². The number of nitrogens with one attached hydrogen (secondary N) is 2. The van der Waals surface area contributed by atoms with E-state index in [0.717, 1.165) is 24.2 Å². The van der Waals surface area contributed by atoms with Crippen LogP contribution in [0.2, 0.25) is 0 Å². The summed E-state index contributed by atoms with van der Waals surface area (Å²) < 4.78 is 0. The van der Waals surface area contributed by atoms with Crippen molar-refractivity contribution in [3.8, 4) is 0 Å². The highest BCUT2D eigenvalue weighted by atomic mass is 16.2. The molecule has 2 atom stereocenters. The molecule has 2 aliphatic rings. The van der Waals surface area contributed by atoms with E-state index in [-0.39, 0.29) is 12.5 Å². The van der Waals surface area contributed by atoms with Crippen molar-refractivity contribution in [1.29, 1.82) is 0 Å². The number of amides is 1. The zero-order valence-corrected chi connectivity index (χ0v) is 10.7. The van der Waals surface area contributed by atoms with Gasteiger partial charge in [-0.05, 0) is 30.9 Å². The first-order valence-corrected chi connectivity index (χ1v) is 6.64. The average Bonchev–Trinajstić information content (AvgIpc) is 2.79. The van der Waals surface area contributed by atoms with Crippen molar-refractivity contribution >= 4 is 17.3 Å². The Kier molecular flexibility index (Phi) is 3.31. The van der Waals surface area contributed by atoms with Crippen LogP contribution in [0.15, 0.2) is 47.6 Å². The van der Waals surface area contributed by atoms with Gasteiger partial charge in [-0.1, -0.05) is 30.4 Å². The van der Waals surface area contributed by atoms with Gasteiger partial charge in [0.2, 0.25) is 0 Å². The molecule has 0 aromatic heterocycles. The van der Waals surface area contributed by atoms with Crippen molar-refractivity contribution < 1.29 is 4.79 Å². The molecular formula is C15H17N3O. The van der Waals surface area contributed by atoms with E-state index in [0.29, 0.717) is 11.8 Å². The highest BCUT2D eigenvalue weighted by molar-refractivity contribution is 5.95. The lowest BCUT2D eigenvalue weighted by molar-refractivity contribution is -0.119. The standard InChI is InChI=1S/C15H17N3O/c19-15(10-16-12-6-2-1-3-7-12)18-17-14-9-11-5-4-8-13(11)14/h1-7,11,13,16H,8-10H2,(H,18,19)/b17-14-/t11-,13-/m0/s1. The molecule has 1 aromatic carbocycles. The van der Waals surface area contributed by atoms with Gasteiger partial charge in [0, 0.05) is 17.3 Å². The fourth-order valence-electron chi connectivity index (χ4n) is 2.58. The molecule has 1 amide bonds. The predicted molar refractivity (Wildman–Crippen MR) is 75.9 cm³/mol. The van der Waals surface area contributed by atoms with E-state index in [1.807, 2.05) is 30.3 Å². The first-order valence-electron chi connectivity index (χ1n) is 6.64. The maximum Gasteiger partial charge on any atom is 0.259 e. The third-order valence-corrected chi connectivity index (χ3v) is 3.71. The Morgan fingerprint density at radius 2 is 2.16 bits per heavy atom. The zero-order chi connectivity index (χ0) is 13.1. The Morgan fingerprint density at radius 3 is 2.95 bits per heavy atom. The molecule has 0 saturated heterocycles. The number of hydrogen-bond acceptors (Lipinski definition) is 3. The second-order valence-electron chi connectivity index (χ2n) is 5.00. The highest BCUT2D eigenvalue weighted by Crippen LogP contribution is 2.39. The summed E-state index contributed by atoms with van der Waals surface area (Å²) in [5.74, 6) is 1.10. The maximum atomic E-state index is 11.7. The molecule has 0 spiro atoms. The lowest BCUT2D eigenvalue weighted by Crippen LogP contribution is -2.36. The maximum absolute atomic E-state index is 11.7. The number of anilines is 1. The molecule has 0 aliphatic heterocycles. The van der Waals surface area contributed by atoms with E-state index in [1.54, 1.807) is 0 Å². The van der Waals surface area contributed by atoms with Crippen molar-refractivity contribution in [1.82, 2.24) is 5.43 Å². The highest BCUT2D eigenvalue weighted by Gasteiger charge is 2.37. The summed E-state index contributed by atoms with van der Waals surface area (Å²) in [4.78, 5) is 11.7. The van der Waals surface area contributed by atoms with Crippen LogP contribution < -0.4 is 10.7 Å². The minimum atomic E-state index is -0.106. The van der Waals surface area contributed by atoms with Crippen LogP contribution in [0, 0.1) is 11.8 Å². The van der Waals surface area contributed by atoms with Crippen LogP contribution in [-0.2, 0) is 4.79 Å². The van der Waals surface area contributed by atoms with Gasteiger partial charge < -0.3 is 5.32 Å². The summed E-state index contributed by atoms with van der Waals surface area (Å²) in [5.41, 5.74) is 4.69. The Bertz CT molecular complexity index is 521. The number of fused-ring (bicyclic) bond motifs is 1. The number of hydrogen-bond donors (Lipinski definition) is 2. The molecule has 0 heterocycles. The zero-order valence-electron chi connectivity index (χ0n) is 10.7. The quantitative estimate of drug-likeness (QED) is 0.640. The first kappa shape index (κ1) is 12.0. The molecule has 1 saturated carbocycles. The first-order chi connectivity index (χ1) is 9.33. The Labute approximate surface area is 112 Å². The van der Waals surface area contributed by atoms with Crippen molar-refractivity contribution in [2.24, 2.45) is 16.9 Å². The van der Waals surface area contributed by atoms with Crippen molar-refractivity contribution in [3.05, 3.63) is 42.5 Å². The van der Waals surface area contributed by atoms with Gasteiger partial charge in [0.1, 0.15) is 0 Å². The number of allylic oxidation sites excluding steroid dienone is 2. The summed E-state index contributed by atoms with van der Waals surface area (Å²) >= 11 is 0. The van der Waals surface area contributed by atoms with Crippen molar-refractivity contribution in [2.45, 2.75) is 12.8 Å². The largest absolute Gasteiger partial charge is 0.376 e. The van der Waals surface area contributed by atoms with Gasteiger partial charge in [0.15, 0.2) is 0 Å². The van der Waals surface area contributed by atoms with Crippen LogP contribution in [0.25, 0.3) is 0 Å². The Morgan fingerprint density at radius 1 is 1.32 bits per heavy atom. The Hall–Kier alpha value is -2.10. The van der Waals surface area contributed by atoms with Gasteiger partial charge in [0.05, 0.1) is 6.54 Å². The number of nitrogens with zero attached hydrogens (tertiary/aromatic N) is 1. The van der Waals surface area contributed by atoms with Gasteiger partial charge in [-0.3, -0.25) is 4.79 Å². The molecule has 19 heavy (non-hydrogen) atoms. The number of benzene rings is 1. The van der Waals surface area contributed by atoms with Crippen molar-refractivity contribution in [3.63, 3.8) is 0 Å². The molecular weight excluding hydrogens is 238 g/mol. The number of carbonyl (C=O) groups excluding carboxylic acids is 1. The number of rotatable bonds is 4. The van der Waals surface area contributed by atoms with Crippen LogP contribution in [-0.4, -0.2) is 18.2 Å². The molecule has 0 radical (unpaired) electrons. The van der Waals surface area contributed by atoms with Crippen LogP contribution in [0.1, 0.15) is 12.8 Å². The Balaban J connectivity index is 1.44. The molecule has 2 aliphatic carbocycles. The van der Waals surface area contributed by atoms with Crippen LogP contribution >= 0.6 is 0 Å². The van der Waals surface area contributed by atoms with E-state index in [1.165, 1.54) is 0 Å². The molecule has 0 bridgehead atoms. The van der Waals surface area contributed by atoms with E-state index < -0.39 is 0 Å². The molecule has 4 nitrogen and oxygen atoms in total. The minimum Gasteiger partial charge on any atom is -0.376 e. The number of hydrazone groups is 1. The van der Waals surface area contributed by atoms with Crippen LogP contribution in [0.4, 0.5) is 5.69 Å². The summed E-state index contributed by atoms with van der Waals surface area (Å²) in [6, 6.07) is 9.67. The third kappa shape index (κ3) is 2.67. The normalized spacial score (nSPS) is 25.8. The average molecular weight is 255 g/mol. The minimum absolute atomic E-state index is 0.106. The third-order valence-electron chi connectivity index (χ3n) is 3.71. The lowest BCUT2D eigenvalue weighted by Gasteiger charge is -2.31. The molecule has 1 fully saturated rings. The second kappa shape index (κ2) is 5.26. The van der Waals surface area contributed by atoms with Gasteiger partial charge in [-0.15, -0.1) is 0 Å². The smallest absolute Gasteiger partial charge is 0.259 e. The summed E-state index contributed by atoms with van der Waals surface area (Å²) in [7, 11) is 0. The van der Waals surface area contributed by atoms with Gasteiger partial charge in [0.25, 0.3) is 5.91 Å². The van der Waals surface area contributed by atoms with Crippen LogP contribution in [0.3, 0.4) is 0 Å². The van der Waals surface area contributed by atoms with E-state index in [4.69, 9.17) is 0 Å². The molecule has 2 N–H and O–H groups in total. The predicted octanol–water partition coefficient (Wildman–Crippen LogP) is 2.17. The monoisotopic (exact) mass is 255 g/mol. The SMILES string of the molecule is O=C(CNc1ccccc1)N/N=C1/C[C@@H]2C=CC[C@H]12. The molecule has 0 unspecified atom stereocenters. The van der Waals surface area contributed by atoms with Crippen molar-refractivity contribution in [2.75, 3.05) is 11.9 Å². The van der Waals surface area contributed by atoms with Crippen LogP contribution in [0.5, 0.6) is 0 Å². The summed E-state index contributed by atoms with van der Waals surface area (Å²) in [6.45, 7) is 0.243. The number of carbonyl (C=O) groups is 1.